The molecule has 1 amide bonds. The van der Waals surface area contributed by atoms with E-state index in [4.69, 9.17) is 4.74 Å². The highest BCUT2D eigenvalue weighted by molar-refractivity contribution is 7.17. The maximum atomic E-state index is 13.3. The lowest BCUT2D eigenvalue weighted by Crippen LogP contribution is -2.49. The van der Waals surface area contributed by atoms with E-state index in [1.54, 1.807) is 12.1 Å². The minimum absolute atomic E-state index is 0.0231. The smallest absolute Gasteiger partial charge is 0.261 e. The van der Waals surface area contributed by atoms with Gasteiger partial charge in [0.1, 0.15) is 17.0 Å². The van der Waals surface area contributed by atoms with E-state index in [9.17, 15) is 9.18 Å². The number of piperidine rings is 1. The molecule has 0 N–H and O–H groups in total. The van der Waals surface area contributed by atoms with Crippen molar-refractivity contribution < 1.29 is 13.9 Å². The van der Waals surface area contributed by atoms with E-state index in [0.717, 1.165) is 40.6 Å². The van der Waals surface area contributed by atoms with Crippen LogP contribution >= 0.6 is 11.3 Å². The summed E-state index contributed by atoms with van der Waals surface area (Å²) in [4.78, 5) is 24.1. The molecular weight excluding hydrogens is 377 g/mol. The van der Waals surface area contributed by atoms with Crippen LogP contribution in [0.2, 0.25) is 0 Å². The van der Waals surface area contributed by atoms with Gasteiger partial charge in [-0.15, -0.1) is 11.3 Å². The summed E-state index contributed by atoms with van der Waals surface area (Å²) in [5.74, 6) is 0.0765. The van der Waals surface area contributed by atoms with E-state index in [1.165, 1.54) is 29.8 Å². The van der Waals surface area contributed by atoms with Gasteiger partial charge >= 0.3 is 0 Å². The number of thiophene rings is 1. The van der Waals surface area contributed by atoms with Crippen LogP contribution in [0.5, 0.6) is 5.88 Å². The summed E-state index contributed by atoms with van der Waals surface area (Å²) in [5.41, 5.74) is 1.74. The first-order valence-corrected chi connectivity index (χ1v) is 10.3. The lowest BCUT2D eigenvalue weighted by Gasteiger charge is -2.38. The van der Waals surface area contributed by atoms with Crippen molar-refractivity contribution >= 4 is 27.5 Å². The van der Waals surface area contributed by atoms with Gasteiger partial charge in [0, 0.05) is 23.0 Å². The minimum Gasteiger partial charge on any atom is -0.467 e. The predicted molar refractivity (Wildman–Crippen MR) is 108 cm³/mol. The number of rotatable bonds is 4. The van der Waals surface area contributed by atoms with E-state index in [0.29, 0.717) is 5.88 Å². The number of aromatic nitrogens is 2. The zero-order valence-electron chi connectivity index (χ0n) is 15.9. The second-order valence-corrected chi connectivity index (χ2v) is 8.09. The van der Waals surface area contributed by atoms with Gasteiger partial charge in [-0.2, -0.15) is 0 Å². The zero-order valence-corrected chi connectivity index (χ0v) is 16.7. The Labute approximate surface area is 167 Å². The van der Waals surface area contributed by atoms with Crippen LogP contribution in [0, 0.1) is 5.82 Å². The average molecular weight is 399 g/mol. The van der Waals surface area contributed by atoms with Gasteiger partial charge in [0.15, 0.2) is 6.61 Å². The maximum Gasteiger partial charge on any atom is 0.261 e. The number of halogens is 1. The van der Waals surface area contributed by atoms with Crippen LogP contribution in [-0.2, 0) is 4.79 Å². The number of nitrogens with zero attached hydrogens (tertiary/aromatic N) is 3. The van der Waals surface area contributed by atoms with E-state index >= 15 is 0 Å². The molecule has 3 aromatic rings. The summed E-state index contributed by atoms with van der Waals surface area (Å²) in [6.45, 7) is 4.11. The Bertz CT molecular complexity index is 979. The Morgan fingerprint density at radius 3 is 2.64 bits per heavy atom. The second-order valence-electron chi connectivity index (χ2n) is 7.23. The van der Waals surface area contributed by atoms with Crippen molar-refractivity contribution in [1.29, 1.82) is 0 Å². The van der Waals surface area contributed by atoms with Crippen molar-refractivity contribution in [3.63, 3.8) is 0 Å². The van der Waals surface area contributed by atoms with Gasteiger partial charge < -0.3 is 9.64 Å². The molecule has 0 bridgehead atoms. The molecule has 3 heterocycles. The summed E-state index contributed by atoms with van der Waals surface area (Å²) in [7, 11) is 0. The molecule has 1 saturated heterocycles. The molecular formula is C21H22FN3O2S. The molecule has 2 aromatic heterocycles. The third-order valence-electron chi connectivity index (χ3n) is 5.30. The summed E-state index contributed by atoms with van der Waals surface area (Å²) in [6.07, 6.45) is 4.63. The SMILES string of the molecule is CC1CCCC(C)N1C(=O)COc1ncnc2scc(-c3ccc(F)cc3)c12. The number of carbonyl (C=O) groups is 1. The maximum absolute atomic E-state index is 13.3. The molecule has 0 radical (unpaired) electrons. The van der Waals surface area contributed by atoms with E-state index < -0.39 is 0 Å². The first-order chi connectivity index (χ1) is 13.5. The highest BCUT2D eigenvalue weighted by atomic mass is 32.1. The number of ether oxygens (including phenoxy) is 1. The van der Waals surface area contributed by atoms with E-state index in [1.807, 2.05) is 10.3 Å². The average Bonchev–Trinajstić information content (AvgIpc) is 3.11. The predicted octanol–water partition coefficient (Wildman–Crippen LogP) is 4.67. The molecule has 1 aliphatic heterocycles. The van der Waals surface area contributed by atoms with Gasteiger partial charge in [0.2, 0.25) is 5.88 Å². The Morgan fingerprint density at radius 2 is 1.93 bits per heavy atom. The normalized spacial score (nSPS) is 19.8. The standard InChI is InChI=1S/C21H22FN3O2S/c1-13-4-3-5-14(2)25(13)18(26)10-27-20-19-17(11-28-21(19)24-12-23-20)15-6-8-16(22)9-7-15/h6-9,11-14H,3-5,10H2,1-2H3. The Morgan fingerprint density at radius 1 is 1.21 bits per heavy atom. The Hall–Kier alpha value is -2.54. The first kappa shape index (κ1) is 18.8. The van der Waals surface area contributed by atoms with Gasteiger partial charge in [-0.25, -0.2) is 14.4 Å². The molecule has 0 spiro atoms. The van der Waals surface area contributed by atoms with Crippen LogP contribution in [-0.4, -0.2) is 39.5 Å². The fourth-order valence-corrected chi connectivity index (χ4v) is 4.82. The number of benzene rings is 1. The number of hydrogen-bond acceptors (Lipinski definition) is 5. The van der Waals surface area contributed by atoms with Crippen molar-refractivity contribution in [3.05, 3.63) is 41.8 Å². The molecule has 1 fully saturated rings. The van der Waals surface area contributed by atoms with Crippen LogP contribution in [0.25, 0.3) is 21.3 Å². The highest BCUT2D eigenvalue weighted by Gasteiger charge is 2.29. The fraction of sp³-hybridized carbons (Fsp3) is 0.381. The second kappa shape index (κ2) is 7.83. The van der Waals surface area contributed by atoms with Crippen molar-refractivity contribution in [2.24, 2.45) is 0 Å². The quantitative estimate of drug-likeness (QED) is 0.640. The summed E-state index contributed by atoms with van der Waals surface area (Å²) >= 11 is 1.47. The molecule has 2 unspecified atom stereocenters. The van der Waals surface area contributed by atoms with Crippen LogP contribution < -0.4 is 4.74 Å². The van der Waals surface area contributed by atoms with Crippen LogP contribution in [0.15, 0.2) is 36.0 Å². The third-order valence-corrected chi connectivity index (χ3v) is 6.19. The van der Waals surface area contributed by atoms with Crippen LogP contribution in [0.3, 0.4) is 0 Å². The highest BCUT2D eigenvalue weighted by Crippen LogP contribution is 2.37. The molecule has 4 rings (SSSR count). The van der Waals surface area contributed by atoms with Gasteiger partial charge in [-0.05, 0) is 50.8 Å². The lowest BCUT2D eigenvalue weighted by molar-refractivity contribution is -0.139. The van der Waals surface area contributed by atoms with Crippen molar-refractivity contribution in [1.82, 2.24) is 14.9 Å². The van der Waals surface area contributed by atoms with E-state index in [2.05, 4.69) is 23.8 Å². The number of fused-ring (bicyclic) bond motifs is 1. The molecule has 7 heteroatoms. The fourth-order valence-electron chi connectivity index (χ4n) is 3.92. The summed E-state index contributed by atoms with van der Waals surface area (Å²) < 4.78 is 19.1. The van der Waals surface area contributed by atoms with Crippen molar-refractivity contribution in [2.45, 2.75) is 45.2 Å². The number of carbonyl (C=O) groups excluding carboxylic acids is 1. The number of amides is 1. The van der Waals surface area contributed by atoms with Crippen molar-refractivity contribution in [2.75, 3.05) is 6.61 Å². The zero-order chi connectivity index (χ0) is 19.7. The van der Waals surface area contributed by atoms with Gasteiger partial charge in [-0.1, -0.05) is 12.1 Å². The monoisotopic (exact) mass is 399 g/mol. The third kappa shape index (κ3) is 3.58. The molecule has 0 saturated carbocycles. The molecule has 146 valence electrons. The number of hydrogen-bond donors (Lipinski definition) is 0. The molecule has 2 atom stereocenters. The van der Waals surface area contributed by atoms with E-state index in [-0.39, 0.29) is 30.4 Å². The molecule has 0 aliphatic carbocycles. The number of likely N-dealkylation sites (tertiary alicyclic amines) is 1. The van der Waals surface area contributed by atoms with Gasteiger partial charge in [0.05, 0.1) is 5.39 Å². The van der Waals surface area contributed by atoms with Gasteiger partial charge in [0.25, 0.3) is 5.91 Å². The topological polar surface area (TPSA) is 55.3 Å². The minimum atomic E-state index is -0.286. The molecule has 1 aliphatic rings. The van der Waals surface area contributed by atoms with Gasteiger partial charge in [-0.3, -0.25) is 4.79 Å². The first-order valence-electron chi connectivity index (χ1n) is 9.46. The molecule has 1 aromatic carbocycles. The Balaban J connectivity index is 1.60. The summed E-state index contributed by atoms with van der Waals surface area (Å²) in [5, 5.41) is 2.71. The Kier molecular flexibility index (Phi) is 5.26. The van der Waals surface area contributed by atoms with Crippen molar-refractivity contribution in [3.8, 4) is 17.0 Å². The molecule has 28 heavy (non-hydrogen) atoms. The largest absolute Gasteiger partial charge is 0.467 e. The molecule has 5 nitrogen and oxygen atoms in total. The van der Waals surface area contributed by atoms with Crippen LogP contribution in [0.1, 0.15) is 33.1 Å². The summed E-state index contributed by atoms with van der Waals surface area (Å²) in [6, 6.07) is 6.73. The van der Waals surface area contributed by atoms with Crippen LogP contribution in [0.4, 0.5) is 4.39 Å². The lowest BCUT2D eigenvalue weighted by atomic mass is 9.97.